The molecule has 1 aromatic carbocycles. The number of nitrogens with zero attached hydrogens (tertiary/aromatic N) is 2. The largest absolute Gasteiger partial charge is 0.312 e. The Bertz CT molecular complexity index is 784. The minimum atomic E-state index is 0.219. The van der Waals surface area contributed by atoms with Crippen molar-refractivity contribution in [2.24, 2.45) is 5.92 Å². The van der Waals surface area contributed by atoms with Crippen molar-refractivity contribution < 1.29 is 4.79 Å². The molecule has 1 fully saturated rings. The second-order valence-corrected chi connectivity index (χ2v) is 7.55. The number of carbonyl (C=O) groups excluding carboxylic acids is 1. The van der Waals surface area contributed by atoms with Crippen LogP contribution in [0, 0.1) is 12.8 Å². The molecule has 1 saturated carbocycles. The van der Waals surface area contributed by atoms with E-state index in [1.807, 2.05) is 23.2 Å². The molecule has 0 bridgehead atoms. The van der Waals surface area contributed by atoms with Crippen LogP contribution in [-0.4, -0.2) is 24.0 Å². The Morgan fingerprint density at radius 2 is 2.15 bits per heavy atom. The molecular formula is C22H27N3O. The van der Waals surface area contributed by atoms with Crippen LogP contribution in [0.2, 0.25) is 0 Å². The lowest BCUT2D eigenvalue weighted by Gasteiger charge is -2.29. The van der Waals surface area contributed by atoms with Crippen LogP contribution in [0.4, 0.5) is 5.69 Å². The minimum Gasteiger partial charge on any atom is -0.312 e. The summed E-state index contributed by atoms with van der Waals surface area (Å²) in [5.74, 6) is 0.881. The summed E-state index contributed by atoms with van der Waals surface area (Å²) < 4.78 is 0. The molecule has 1 aliphatic heterocycles. The van der Waals surface area contributed by atoms with E-state index in [4.69, 9.17) is 0 Å². The number of hydrogen-bond acceptors (Lipinski definition) is 3. The quantitative estimate of drug-likeness (QED) is 0.863. The zero-order valence-electron chi connectivity index (χ0n) is 15.4. The summed E-state index contributed by atoms with van der Waals surface area (Å²) in [6.45, 7) is 3.64. The monoisotopic (exact) mass is 349 g/mol. The fourth-order valence-electron chi connectivity index (χ4n) is 3.93. The van der Waals surface area contributed by atoms with Gasteiger partial charge in [-0.15, -0.1) is 0 Å². The van der Waals surface area contributed by atoms with E-state index in [1.165, 1.54) is 24.0 Å². The first-order valence-electron chi connectivity index (χ1n) is 9.76. The van der Waals surface area contributed by atoms with Gasteiger partial charge in [-0.2, -0.15) is 0 Å². The Morgan fingerprint density at radius 1 is 1.31 bits per heavy atom. The number of aryl methyl sites for hydroxylation is 2. The smallest absolute Gasteiger partial charge is 0.228 e. The summed E-state index contributed by atoms with van der Waals surface area (Å²) >= 11 is 0. The third-order valence-electron chi connectivity index (χ3n) is 5.46. The number of rotatable bonds is 6. The normalized spacial score (nSPS) is 17.7. The van der Waals surface area contributed by atoms with Gasteiger partial charge in [-0.25, -0.2) is 0 Å². The molecule has 1 amide bonds. The van der Waals surface area contributed by atoms with Crippen LogP contribution in [0.15, 0.2) is 42.6 Å². The Balaban J connectivity index is 1.37. The highest BCUT2D eigenvalue weighted by atomic mass is 16.2. The number of carbonyl (C=O) groups is 1. The van der Waals surface area contributed by atoms with Gasteiger partial charge >= 0.3 is 0 Å². The summed E-state index contributed by atoms with van der Waals surface area (Å²) in [5.41, 5.74) is 4.74. The van der Waals surface area contributed by atoms with E-state index in [0.29, 0.717) is 18.9 Å². The Hall–Kier alpha value is -2.20. The second-order valence-electron chi connectivity index (χ2n) is 7.55. The van der Waals surface area contributed by atoms with Crippen molar-refractivity contribution in [3.8, 4) is 0 Å². The first kappa shape index (κ1) is 17.2. The van der Waals surface area contributed by atoms with Crippen LogP contribution in [0.3, 0.4) is 0 Å². The highest BCUT2D eigenvalue weighted by molar-refractivity contribution is 5.94. The lowest BCUT2D eigenvalue weighted by Crippen LogP contribution is -2.37. The molecule has 26 heavy (non-hydrogen) atoms. The van der Waals surface area contributed by atoms with Crippen molar-refractivity contribution in [2.45, 2.75) is 45.1 Å². The van der Waals surface area contributed by atoms with Crippen molar-refractivity contribution in [1.82, 2.24) is 10.3 Å². The second kappa shape index (κ2) is 7.58. The van der Waals surface area contributed by atoms with Crippen molar-refractivity contribution in [2.75, 3.05) is 18.0 Å². The molecule has 0 spiro atoms. The molecule has 4 rings (SSSR count). The standard InChI is InChI=1S/C22H27N3O/c1-16-10-12-23-19(15-16)22(18-8-9-18)24-13-11-21(26)25-14-4-6-17-5-2-3-7-20(17)25/h2-3,5,7,10,12,15,18,22,24H,4,6,8-9,11,13-14H2,1H3/t22-/m1/s1. The van der Waals surface area contributed by atoms with E-state index < -0.39 is 0 Å². The van der Waals surface area contributed by atoms with Gasteiger partial charge in [-0.05, 0) is 67.9 Å². The highest BCUT2D eigenvalue weighted by Gasteiger charge is 2.33. The number of benzene rings is 1. The molecule has 136 valence electrons. The molecule has 0 unspecified atom stereocenters. The fraction of sp³-hybridized carbons (Fsp3) is 0.455. The van der Waals surface area contributed by atoms with Gasteiger partial charge in [0.25, 0.3) is 0 Å². The first-order chi connectivity index (χ1) is 12.7. The molecular weight excluding hydrogens is 322 g/mol. The maximum Gasteiger partial charge on any atom is 0.228 e. The average molecular weight is 349 g/mol. The zero-order chi connectivity index (χ0) is 17.9. The lowest BCUT2D eigenvalue weighted by atomic mass is 10.0. The highest BCUT2D eigenvalue weighted by Crippen LogP contribution is 2.40. The van der Waals surface area contributed by atoms with Gasteiger partial charge in [0, 0.05) is 31.4 Å². The molecule has 2 aliphatic rings. The molecule has 4 nitrogen and oxygen atoms in total. The summed E-state index contributed by atoms with van der Waals surface area (Å²) in [6, 6.07) is 12.8. The number of nitrogens with one attached hydrogen (secondary N) is 1. The van der Waals surface area contributed by atoms with Crippen LogP contribution in [-0.2, 0) is 11.2 Å². The van der Waals surface area contributed by atoms with Gasteiger partial charge in [0.1, 0.15) is 0 Å². The molecule has 2 aromatic rings. The van der Waals surface area contributed by atoms with E-state index in [9.17, 15) is 4.79 Å². The van der Waals surface area contributed by atoms with Gasteiger partial charge in [0.15, 0.2) is 0 Å². The zero-order valence-corrected chi connectivity index (χ0v) is 15.4. The summed E-state index contributed by atoms with van der Waals surface area (Å²) in [6.07, 6.45) is 7.04. The number of anilines is 1. The summed E-state index contributed by atoms with van der Waals surface area (Å²) in [7, 11) is 0. The molecule has 1 aliphatic carbocycles. The number of amides is 1. The van der Waals surface area contributed by atoms with E-state index in [1.54, 1.807) is 0 Å². The Morgan fingerprint density at radius 3 is 2.96 bits per heavy atom. The maximum absolute atomic E-state index is 12.8. The number of hydrogen-bond donors (Lipinski definition) is 1. The predicted octanol–water partition coefficient (Wildman–Crippen LogP) is 3.80. The average Bonchev–Trinajstić information content (AvgIpc) is 3.49. The van der Waals surface area contributed by atoms with Crippen molar-refractivity contribution in [3.63, 3.8) is 0 Å². The van der Waals surface area contributed by atoms with Crippen LogP contribution < -0.4 is 10.2 Å². The fourth-order valence-corrected chi connectivity index (χ4v) is 3.93. The summed E-state index contributed by atoms with van der Waals surface area (Å²) in [4.78, 5) is 19.3. The molecule has 1 atom stereocenters. The van der Waals surface area contributed by atoms with Crippen LogP contribution in [0.1, 0.15) is 48.5 Å². The van der Waals surface area contributed by atoms with Crippen molar-refractivity contribution >= 4 is 11.6 Å². The van der Waals surface area contributed by atoms with E-state index >= 15 is 0 Å². The van der Waals surface area contributed by atoms with E-state index in [2.05, 4.69) is 41.5 Å². The minimum absolute atomic E-state index is 0.219. The number of para-hydroxylation sites is 1. The van der Waals surface area contributed by atoms with E-state index in [-0.39, 0.29) is 11.9 Å². The number of pyridine rings is 1. The Kier molecular flexibility index (Phi) is 5.02. The molecule has 2 heterocycles. The molecule has 4 heteroatoms. The first-order valence-corrected chi connectivity index (χ1v) is 9.76. The van der Waals surface area contributed by atoms with Gasteiger partial charge in [-0.3, -0.25) is 9.78 Å². The molecule has 0 saturated heterocycles. The lowest BCUT2D eigenvalue weighted by molar-refractivity contribution is -0.118. The van der Waals surface area contributed by atoms with Gasteiger partial charge in [0.05, 0.1) is 11.7 Å². The summed E-state index contributed by atoms with van der Waals surface area (Å²) in [5, 5.41) is 3.61. The molecule has 0 radical (unpaired) electrons. The third kappa shape index (κ3) is 3.80. The van der Waals surface area contributed by atoms with Gasteiger partial charge < -0.3 is 10.2 Å². The van der Waals surface area contributed by atoms with Crippen LogP contribution in [0.5, 0.6) is 0 Å². The topological polar surface area (TPSA) is 45.2 Å². The van der Waals surface area contributed by atoms with Crippen LogP contribution >= 0.6 is 0 Å². The van der Waals surface area contributed by atoms with Gasteiger partial charge in [0.2, 0.25) is 5.91 Å². The third-order valence-corrected chi connectivity index (χ3v) is 5.46. The van der Waals surface area contributed by atoms with Gasteiger partial charge in [-0.1, -0.05) is 18.2 Å². The molecule has 1 aromatic heterocycles. The predicted molar refractivity (Wildman–Crippen MR) is 104 cm³/mol. The van der Waals surface area contributed by atoms with Crippen molar-refractivity contribution in [3.05, 3.63) is 59.4 Å². The number of aromatic nitrogens is 1. The van der Waals surface area contributed by atoms with Crippen LogP contribution in [0.25, 0.3) is 0 Å². The van der Waals surface area contributed by atoms with E-state index in [0.717, 1.165) is 30.8 Å². The Labute approximate surface area is 155 Å². The maximum atomic E-state index is 12.8. The number of fused-ring (bicyclic) bond motifs is 1. The molecule has 1 N–H and O–H groups in total. The van der Waals surface area contributed by atoms with Crippen molar-refractivity contribution in [1.29, 1.82) is 0 Å². The SMILES string of the molecule is Cc1ccnc([C@H](NCCC(=O)N2CCCc3ccccc32)C2CC2)c1.